The van der Waals surface area contributed by atoms with Crippen molar-refractivity contribution in [2.75, 3.05) is 18.0 Å². The smallest absolute Gasteiger partial charge is 0.0471 e. The van der Waals surface area contributed by atoms with Gasteiger partial charge in [-0.2, -0.15) is 0 Å². The predicted molar refractivity (Wildman–Crippen MR) is 93.3 cm³/mol. The largest absolute Gasteiger partial charge is 0.369 e. The van der Waals surface area contributed by atoms with Gasteiger partial charge in [0.25, 0.3) is 0 Å². The molecule has 3 heteroatoms. The normalized spacial score (nSPS) is 19.9. The van der Waals surface area contributed by atoms with Crippen molar-refractivity contribution >= 4 is 17.3 Å². The van der Waals surface area contributed by atoms with E-state index in [1.807, 2.05) is 6.07 Å². The van der Waals surface area contributed by atoms with Crippen molar-refractivity contribution in [1.82, 2.24) is 5.32 Å². The third-order valence-electron chi connectivity index (χ3n) is 4.31. The van der Waals surface area contributed by atoms with E-state index in [9.17, 15) is 0 Å². The van der Waals surface area contributed by atoms with Crippen LogP contribution in [0, 0.1) is 5.92 Å². The Balaban J connectivity index is 2.19. The highest BCUT2D eigenvalue weighted by Crippen LogP contribution is 2.31. The van der Waals surface area contributed by atoms with E-state index in [-0.39, 0.29) is 0 Å². The minimum atomic E-state index is 0.606. The fourth-order valence-electron chi connectivity index (χ4n) is 3.11. The molecule has 1 saturated heterocycles. The molecule has 1 atom stereocenters. The summed E-state index contributed by atoms with van der Waals surface area (Å²) in [7, 11) is 0. The Morgan fingerprint density at radius 1 is 1.29 bits per heavy atom. The van der Waals surface area contributed by atoms with Gasteiger partial charge in [-0.05, 0) is 44.4 Å². The van der Waals surface area contributed by atoms with Crippen molar-refractivity contribution in [3.8, 4) is 0 Å². The maximum absolute atomic E-state index is 6.49. The van der Waals surface area contributed by atoms with Crippen molar-refractivity contribution in [2.24, 2.45) is 5.92 Å². The molecule has 0 aromatic heterocycles. The maximum Gasteiger partial charge on any atom is 0.0471 e. The van der Waals surface area contributed by atoms with Gasteiger partial charge >= 0.3 is 0 Å². The molecular weight excluding hydrogens is 280 g/mol. The number of rotatable bonds is 5. The summed E-state index contributed by atoms with van der Waals surface area (Å²) < 4.78 is 0. The molecule has 0 saturated carbocycles. The molecule has 2 nitrogen and oxygen atoms in total. The zero-order chi connectivity index (χ0) is 15.2. The highest BCUT2D eigenvalue weighted by Gasteiger charge is 2.20. The fraction of sp³-hybridized carbons (Fsp3) is 0.667. The Kier molecular flexibility index (Phi) is 6.38. The van der Waals surface area contributed by atoms with E-state index in [1.165, 1.54) is 36.9 Å². The SMILES string of the molecule is CC(C)CNCc1c(Cl)cccc1N1CCCCCC1C. The topological polar surface area (TPSA) is 15.3 Å². The molecule has 21 heavy (non-hydrogen) atoms. The van der Waals surface area contributed by atoms with Gasteiger partial charge in [0.2, 0.25) is 0 Å². The molecule has 1 aromatic carbocycles. The maximum atomic E-state index is 6.49. The molecule has 1 aliphatic rings. The molecule has 2 rings (SSSR count). The molecule has 0 amide bonds. The summed E-state index contributed by atoms with van der Waals surface area (Å²) in [6.07, 6.45) is 5.27. The number of nitrogens with zero attached hydrogens (tertiary/aromatic N) is 1. The number of hydrogen-bond donors (Lipinski definition) is 1. The number of benzene rings is 1. The van der Waals surface area contributed by atoms with E-state index in [1.54, 1.807) is 0 Å². The summed E-state index contributed by atoms with van der Waals surface area (Å²) in [5.41, 5.74) is 2.58. The average molecular weight is 309 g/mol. The van der Waals surface area contributed by atoms with Crippen LogP contribution in [0.5, 0.6) is 0 Å². The molecule has 0 radical (unpaired) electrons. The zero-order valence-electron chi connectivity index (χ0n) is 13.7. The highest BCUT2D eigenvalue weighted by atomic mass is 35.5. The van der Waals surface area contributed by atoms with E-state index in [2.05, 4.69) is 43.1 Å². The van der Waals surface area contributed by atoms with Gasteiger partial charge in [0.15, 0.2) is 0 Å². The Hall–Kier alpha value is -0.730. The summed E-state index contributed by atoms with van der Waals surface area (Å²) in [5, 5.41) is 4.43. The predicted octanol–water partition coefficient (Wildman–Crippen LogP) is 4.85. The van der Waals surface area contributed by atoms with Crippen LogP contribution in [0.25, 0.3) is 0 Å². The molecule has 1 aliphatic heterocycles. The van der Waals surface area contributed by atoms with E-state index in [0.29, 0.717) is 12.0 Å². The van der Waals surface area contributed by atoms with Crippen LogP contribution in [0.4, 0.5) is 5.69 Å². The molecule has 118 valence electrons. The van der Waals surface area contributed by atoms with Crippen molar-refractivity contribution in [2.45, 2.75) is 59.0 Å². The van der Waals surface area contributed by atoms with Crippen LogP contribution in [0.1, 0.15) is 52.0 Å². The second-order valence-electron chi connectivity index (χ2n) is 6.65. The lowest BCUT2D eigenvalue weighted by molar-refractivity contribution is 0.550. The third kappa shape index (κ3) is 4.62. The quantitative estimate of drug-likeness (QED) is 0.836. The molecule has 1 unspecified atom stereocenters. The molecule has 1 heterocycles. The van der Waals surface area contributed by atoms with E-state index in [0.717, 1.165) is 24.7 Å². The lowest BCUT2D eigenvalue weighted by Gasteiger charge is -2.32. The monoisotopic (exact) mass is 308 g/mol. The molecule has 0 spiro atoms. The lowest BCUT2D eigenvalue weighted by atomic mass is 10.1. The first-order chi connectivity index (χ1) is 10.1. The summed E-state index contributed by atoms with van der Waals surface area (Å²) in [4.78, 5) is 2.56. The van der Waals surface area contributed by atoms with Crippen LogP contribution in [0.3, 0.4) is 0 Å². The summed E-state index contributed by atoms with van der Waals surface area (Å²) >= 11 is 6.49. The second-order valence-corrected chi connectivity index (χ2v) is 7.06. The summed E-state index contributed by atoms with van der Waals surface area (Å²) in [5.74, 6) is 0.660. The minimum Gasteiger partial charge on any atom is -0.369 e. The molecule has 0 aliphatic carbocycles. The first-order valence-electron chi connectivity index (χ1n) is 8.34. The Morgan fingerprint density at radius 3 is 2.86 bits per heavy atom. The van der Waals surface area contributed by atoms with Crippen LogP contribution in [-0.4, -0.2) is 19.1 Å². The van der Waals surface area contributed by atoms with Gasteiger partial charge in [0, 0.05) is 35.4 Å². The Morgan fingerprint density at radius 2 is 2.10 bits per heavy atom. The molecule has 1 N–H and O–H groups in total. The van der Waals surface area contributed by atoms with Crippen LogP contribution in [-0.2, 0) is 6.54 Å². The lowest BCUT2D eigenvalue weighted by Crippen LogP contribution is -2.34. The molecular formula is C18H29ClN2. The molecule has 1 fully saturated rings. The average Bonchev–Trinajstić information content (AvgIpc) is 2.65. The van der Waals surface area contributed by atoms with Crippen molar-refractivity contribution in [3.63, 3.8) is 0 Å². The van der Waals surface area contributed by atoms with Crippen molar-refractivity contribution in [1.29, 1.82) is 0 Å². The number of halogens is 1. The van der Waals surface area contributed by atoms with Gasteiger partial charge in [-0.1, -0.05) is 44.4 Å². The van der Waals surface area contributed by atoms with Gasteiger partial charge in [0.1, 0.15) is 0 Å². The third-order valence-corrected chi connectivity index (χ3v) is 4.67. The number of anilines is 1. The fourth-order valence-corrected chi connectivity index (χ4v) is 3.35. The van der Waals surface area contributed by atoms with Gasteiger partial charge in [-0.15, -0.1) is 0 Å². The molecule has 0 bridgehead atoms. The van der Waals surface area contributed by atoms with Crippen molar-refractivity contribution in [3.05, 3.63) is 28.8 Å². The van der Waals surface area contributed by atoms with Crippen LogP contribution in [0.15, 0.2) is 18.2 Å². The summed E-state index contributed by atoms with van der Waals surface area (Å²) in [6.45, 7) is 9.85. The Labute approximate surface area is 134 Å². The van der Waals surface area contributed by atoms with Crippen molar-refractivity contribution < 1.29 is 0 Å². The van der Waals surface area contributed by atoms with Gasteiger partial charge < -0.3 is 10.2 Å². The Bertz CT molecular complexity index is 445. The molecule has 1 aromatic rings. The van der Waals surface area contributed by atoms with Crippen LogP contribution >= 0.6 is 11.6 Å². The van der Waals surface area contributed by atoms with E-state index < -0.39 is 0 Å². The second kappa shape index (κ2) is 8.05. The number of hydrogen-bond acceptors (Lipinski definition) is 2. The van der Waals surface area contributed by atoms with Gasteiger partial charge in [0.05, 0.1) is 0 Å². The van der Waals surface area contributed by atoms with Gasteiger partial charge in [-0.25, -0.2) is 0 Å². The zero-order valence-corrected chi connectivity index (χ0v) is 14.4. The summed E-state index contributed by atoms with van der Waals surface area (Å²) in [6, 6.07) is 6.94. The number of nitrogens with one attached hydrogen (secondary N) is 1. The first-order valence-corrected chi connectivity index (χ1v) is 8.72. The van der Waals surface area contributed by atoms with E-state index >= 15 is 0 Å². The van der Waals surface area contributed by atoms with Gasteiger partial charge in [-0.3, -0.25) is 0 Å². The first kappa shape index (κ1) is 16.6. The van der Waals surface area contributed by atoms with Crippen LogP contribution in [0.2, 0.25) is 5.02 Å². The van der Waals surface area contributed by atoms with Crippen LogP contribution < -0.4 is 10.2 Å². The highest BCUT2D eigenvalue weighted by molar-refractivity contribution is 6.31. The van der Waals surface area contributed by atoms with E-state index in [4.69, 9.17) is 11.6 Å². The minimum absolute atomic E-state index is 0.606. The standard InChI is InChI=1S/C18H29ClN2/c1-14(2)12-20-13-16-17(19)9-7-10-18(16)21-11-6-4-5-8-15(21)3/h7,9-10,14-15,20H,4-6,8,11-13H2,1-3H3.